The zero-order valence-corrected chi connectivity index (χ0v) is 20.8. The molecule has 0 spiro atoms. The SMILES string of the molecule is C=C(C)[C@H]1C[C@H](c2ccc(OC)c(OC)c2)[C@H](C)O[C@@H]1c1cc(Cl)cc(OC)c1OCC(=O)O. The van der Waals surface area contributed by atoms with Crippen LogP contribution in [0.1, 0.15) is 43.4 Å². The Balaban J connectivity index is 2.02. The summed E-state index contributed by atoms with van der Waals surface area (Å²) in [5.74, 6) is 0.879. The predicted octanol–water partition coefficient (Wildman–Crippen LogP) is 5.66. The van der Waals surface area contributed by atoms with Gasteiger partial charge >= 0.3 is 5.97 Å². The number of carboxylic acids is 1. The van der Waals surface area contributed by atoms with Crippen molar-refractivity contribution in [1.29, 1.82) is 0 Å². The fourth-order valence-corrected chi connectivity index (χ4v) is 4.71. The highest BCUT2D eigenvalue weighted by molar-refractivity contribution is 6.30. The van der Waals surface area contributed by atoms with Gasteiger partial charge in [0.25, 0.3) is 0 Å². The maximum absolute atomic E-state index is 11.2. The van der Waals surface area contributed by atoms with Gasteiger partial charge in [-0.3, -0.25) is 0 Å². The van der Waals surface area contributed by atoms with E-state index in [1.165, 1.54) is 7.11 Å². The van der Waals surface area contributed by atoms with E-state index in [1.807, 2.05) is 32.0 Å². The maximum atomic E-state index is 11.2. The summed E-state index contributed by atoms with van der Waals surface area (Å²) >= 11 is 6.38. The summed E-state index contributed by atoms with van der Waals surface area (Å²) in [6.45, 7) is 7.68. The van der Waals surface area contributed by atoms with Gasteiger partial charge in [0.2, 0.25) is 0 Å². The van der Waals surface area contributed by atoms with Crippen molar-refractivity contribution in [2.75, 3.05) is 27.9 Å². The number of hydrogen-bond acceptors (Lipinski definition) is 6. The third-order valence-electron chi connectivity index (χ3n) is 6.18. The summed E-state index contributed by atoms with van der Waals surface area (Å²) in [4.78, 5) is 11.2. The second kappa shape index (κ2) is 11.0. The Hall–Kier alpha value is -2.90. The van der Waals surface area contributed by atoms with Gasteiger partial charge in [0.05, 0.1) is 33.5 Å². The minimum atomic E-state index is -1.09. The Labute approximate surface area is 205 Å². The molecule has 1 saturated heterocycles. The van der Waals surface area contributed by atoms with Crippen molar-refractivity contribution in [1.82, 2.24) is 0 Å². The van der Waals surface area contributed by atoms with Gasteiger partial charge in [-0.05, 0) is 44.0 Å². The van der Waals surface area contributed by atoms with Crippen LogP contribution in [0.4, 0.5) is 0 Å². The van der Waals surface area contributed by atoms with Crippen LogP contribution in [0, 0.1) is 5.92 Å². The van der Waals surface area contributed by atoms with Crippen molar-refractivity contribution in [3.8, 4) is 23.0 Å². The zero-order chi connectivity index (χ0) is 25.0. The standard InChI is InChI=1S/C26H31ClO7/c1-14(2)18-12-19(16-7-8-21(30-4)22(9-16)31-5)15(3)34-25(18)20-10-17(27)11-23(32-6)26(20)33-13-24(28)29/h7-11,15,18-19,25H,1,12-13H2,2-6H3,(H,28,29)/t15-,18+,19-,25-/m0/s1. The Morgan fingerprint density at radius 1 is 1.12 bits per heavy atom. The Morgan fingerprint density at radius 2 is 1.79 bits per heavy atom. The van der Waals surface area contributed by atoms with E-state index in [0.29, 0.717) is 33.6 Å². The molecule has 1 aliphatic heterocycles. The van der Waals surface area contributed by atoms with Crippen molar-refractivity contribution in [2.24, 2.45) is 5.92 Å². The number of rotatable bonds is 9. The van der Waals surface area contributed by atoms with Gasteiger partial charge < -0.3 is 28.8 Å². The number of methoxy groups -OCH3 is 3. The molecule has 8 heteroatoms. The third-order valence-corrected chi connectivity index (χ3v) is 6.40. The van der Waals surface area contributed by atoms with Crippen LogP contribution in [0.25, 0.3) is 0 Å². The topological polar surface area (TPSA) is 83.5 Å². The molecule has 34 heavy (non-hydrogen) atoms. The lowest BCUT2D eigenvalue weighted by molar-refractivity contribution is -0.139. The van der Waals surface area contributed by atoms with Gasteiger partial charge in [-0.1, -0.05) is 29.8 Å². The molecule has 1 aliphatic rings. The number of benzene rings is 2. The Kier molecular flexibility index (Phi) is 8.33. The average molecular weight is 491 g/mol. The van der Waals surface area contributed by atoms with Crippen molar-refractivity contribution >= 4 is 17.6 Å². The fraction of sp³-hybridized carbons (Fsp3) is 0.423. The highest BCUT2D eigenvalue weighted by atomic mass is 35.5. The number of aliphatic carboxylic acids is 1. The van der Waals surface area contributed by atoms with E-state index in [4.69, 9.17) is 40.4 Å². The van der Waals surface area contributed by atoms with Crippen LogP contribution >= 0.6 is 11.6 Å². The summed E-state index contributed by atoms with van der Waals surface area (Å²) in [5, 5.41) is 9.60. The predicted molar refractivity (Wildman–Crippen MR) is 130 cm³/mol. The summed E-state index contributed by atoms with van der Waals surface area (Å²) in [6, 6.07) is 9.22. The van der Waals surface area contributed by atoms with Crippen molar-refractivity contribution in [3.05, 3.63) is 58.6 Å². The number of ether oxygens (including phenoxy) is 5. The smallest absolute Gasteiger partial charge is 0.341 e. The lowest BCUT2D eigenvalue weighted by atomic mass is 9.75. The first-order valence-corrected chi connectivity index (χ1v) is 11.3. The highest BCUT2D eigenvalue weighted by Crippen LogP contribution is 2.51. The molecule has 2 aromatic carbocycles. The second-order valence-corrected chi connectivity index (χ2v) is 8.82. The Bertz CT molecular complexity index is 1050. The summed E-state index contributed by atoms with van der Waals surface area (Å²) < 4.78 is 28.5. The molecule has 4 atom stereocenters. The Morgan fingerprint density at radius 3 is 2.38 bits per heavy atom. The second-order valence-electron chi connectivity index (χ2n) is 8.38. The molecule has 184 valence electrons. The van der Waals surface area contributed by atoms with Gasteiger partial charge in [0, 0.05) is 28.5 Å². The van der Waals surface area contributed by atoms with E-state index >= 15 is 0 Å². The van der Waals surface area contributed by atoms with Crippen LogP contribution in [0.5, 0.6) is 23.0 Å². The van der Waals surface area contributed by atoms with E-state index in [-0.39, 0.29) is 17.9 Å². The zero-order valence-electron chi connectivity index (χ0n) is 20.1. The van der Waals surface area contributed by atoms with Crippen molar-refractivity contribution in [2.45, 2.75) is 38.4 Å². The number of halogens is 1. The molecule has 0 amide bonds. The molecular weight excluding hydrogens is 460 g/mol. The van der Waals surface area contributed by atoms with Crippen molar-refractivity contribution < 1.29 is 33.6 Å². The molecule has 0 radical (unpaired) electrons. The lowest BCUT2D eigenvalue weighted by Crippen LogP contribution is -2.34. The largest absolute Gasteiger partial charge is 0.493 e. The minimum absolute atomic E-state index is 0.0715. The van der Waals surface area contributed by atoms with E-state index in [9.17, 15) is 4.79 Å². The minimum Gasteiger partial charge on any atom is -0.493 e. The molecule has 3 rings (SSSR count). The van der Waals surface area contributed by atoms with Gasteiger partial charge in [0.15, 0.2) is 29.6 Å². The summed E-state index contributed by atoms with van der Waals surface area (Å²) in [7, 11) is 4.70. The maximum Gasteiger partial charge on any atom is 0.341 e. The van der Waals surface area contributed by atoms with E-state index in [0.717, 1.165) is 17.6 Å². The van der Waals surface area contributed by atoms with E-state index < -0.39 is 18.7 Å². The molecule has 1 fully saturated rings. The molecular formula is C26H31ClO7. The molecule has 0 bridgehead atoms. The molecule has 1 heterocycles. The highest BCUT2D eigenvalue weighted by Gasteiger charge is 2.40. The van der Waals surface area contributed by atoms with Crippen LogP contribution < -0.4 is 18.9 Å². The number of hydrogen-bond donors (Lipinski definition) is 1. The van der Waals surface area contributed by atoms with Crippen LogP contribution in [0.2, 0.25) is 5.02 Å². The molecule has 0 aliphatic carbocycles. The first kappa shape index (κ1) is 25.7. The average Bonchev–Trinajstić information content (AvgIpc) is 2.81. The van der Waals surface area contributed by atoms with Crippen LogP contribution in [-0.4, -0.2) is 45.1 Å². The van der Waals surface area contributed by atoms with Crippen molar-refractivity contribution in [3.63, 3.8) is 0 Å². The van der Waals surface area contributed by atoms with Gasteiger partial charge in [-0.15, -0.1) is 0 Å². The summed E-state index contributed by atoms with van der Waals surface area (Å²) in [6.07, 6.45) is 0.139. The summed E-state index contributed by atoms with van der Waals surface area (Å²) in [5.41, 5.74) is 2.64. The molecule has 1 N–H and O–H groups in total. The van der Waals surface area contributed by atoms with Gasteiger partial charge in [-0.25, -0.2) is 4.79 Å². The van der Waals surface area contributed by atoms with Crippen LogP contribution in [0.15, 0.2) is 42.5 Å². The van der Waals surface area contributed by atoms with E-state index in [1.54, 1.807) is 26.4 Å². The van der Waals surface area contributed by atoms with Gasteiger partial charge in [-0.2, -0.15) is 0 Å². The van der Waals surface area contributed by atoms with E-state index in [2.05, 4.69) is 6.58 Å². The number of carbonyl (C=O) groups is 1. The molecule has 2 aromatic rings. The fourth-order valence-electron chi connectivity index (χ4n) is 4.49. The van der Waals surface area contributed by atoms with Gasteiger partial charge in [0.1, 0.15) is 0 Å². The molecule has 7 nitrogen and oxygen atoms in total. The first-order valence-electron chi connectivity index (χ1n) is 10.9. The quantitative estimate of drug-likeness (QED) is 0.454. The number of carboxylic acid groups (broad SMARTS) is 1. The monoisotopic (exact) mass is 490 g/mol. The normalized spacial score (nSPS) is 22.1. The van der Waals surface area contributed by atoms with Crippen LogP contribution in [0.3, 0.4) is 0 Å². The molecule has 0 aromatic heterocycles. The van der Waals surface area contributed by atoms with Crippen LogP contribution in [-0.2, 0) is 9.53 Å². The third kappa shape index (κ3) is 5.42. The lowest BCUT2D eigenvalue weighted by Gasteiger charge is -2.42. The molecule has 0 saturated carbocycles. The molecule has 0 unspecified atom stereocenters. The first-order chi connectivity index (χ1) is 16.2.